The number of benzene rings is 1. The van der Waals surface area contributed by atoms with Crippen molar-refractivity contribution < 1.29 is 14.3 Å². The molecule has 1 heterocycles. The predicted octanol–water partition coefficient (Wildman–Crippen LogP) is 2.89. The lowest BCUT2D eigenvalue weighted by Gasteiger charge is -2.33. The van der Waals surface area contributed by atoms with E-state index in [2.05, 4.69) is 16.9 Å². The summed E-state index contributed by atoms with van der Waals surface area (Å²) in [6, 6.07) is 8.23. The zero-order chi connectivity index (χ0) is 17.4. The van der Waals surface area contributed by atoms with Gasteiger partial charge in [-0.05, 0) is 24.0 Å². The Bertz CT molecular complexity index is 618. The number of carbonyl (C=O) groups is 2. The first-order valence-corrected chi connectivity index (χ1v) is 8.97. The van der Waals surface area contributed by atoms with Gasteiger partial charge >= 0.3 is 6.09 Å². The Hall–Kier alpha value is -2.21. The van der Waals surface area contributed by atoms with Gasteiger partial charge in [0.2, 0.25) is 5.91 Å². The average molecular weight is 346 g/mol. The van der Waals surface area contributed by atoms with Crippen molar-refractivity contribution in [3.05, 3.63) is 48.1 Å². The zero-order valence-electron chi connectivity index (χ0n) is 14.0. The van der Waals surface area contributed by atoms with Crippen LogP contribution in [0.2, 0.25) is 0 Å². The van der Waals surface area contributed by atoms with E-state index >= 15 is 0 Å². The topological polar surface area (TPSA) is 49.9 Å². The number of amides is 2. The third-order valence-electron chi connectivity index (χ3n) is 3.78. The summed E-state index contributed by atoms with van der Waals surface area (Å²) in [6.07, 6.45) is 8.83. The molecule has 5 nitrogen and oxygen atoms in total. The van der Waals surface area contributed by atoms with Crippen molar-refractivity contribution in [2.45, 2.75) is 4.90 Å². The highest BCUT2D eigenvalue weighted by atomic mass is 32.2. The summed E-state index contributed by atoms with van der Waals surface area (Å²) in [4.78, 5) is 28.1. The Balaban J connectivity index is 1.80. The fraction of sp³-hybridized carbons (Fsp3) is 0.333. The summed E-state index contributed by atoms with van der Waals surface area (Å²) >= 11 is 1.71. The molecule has 1 aliphatic rings. The van der Waals surface area contributed by atoms with Gasteiger partial charge in [-0.3, -0.25) is 4.79 Å². The van der Waals surface area contributed by atoms with E-state index in [0.717, 1.165) is 5.56 Å². The molecule has 1 fully saturated rings. The van der Waals surface area contributed by atoms with Crippen molar-refractivity contribution in [3.8, 4) is 0 Å². The van der Waals surface area contributed by atoms with Crippen LogP contribution < -0.4 is 0 Å². The van der Waals surface area contributed by atoms with Gasteiger partial charge in [0.1, 0.15) is 0 Å². The van der Waals surface area contributed by atoms with Crippen molar-refractivity contribution in [1.29, 1.82) is 0 Å². The van der Waals surface area contributed by atoms with Gasteiger partial charge < -0.3 is 14.5 Å². The maximum atomic E-state index is 12.1. The number of piperazine rings is 1. The molecule has 0 bridgehead atoms. The van der Waals surface area contributed by atoms with Gasteiger partial charge in [-0.1, -0.05) is 30.4 Å². The Kier molecular flexibility index (Phi) is 6.93. The van der Waals surface area contributed by atoms with Crippen molar-refractivity contribution in [2.75, 3.05) is 39.5 Å². The standard InChI is InChI=1S/C18H22N2O3S/c1-23-18(22)20-13-11-19(12-14-20)17(21)6-4-3-5-15-7-9-16(24-2)10-8-15/h3-10H,11-14H2,1-2H3/b5-3+,6-4+. The highest BCUT2D eigenvalue weighted by molar-refractivity contribution is 7.98. The third-order valence-corrected chi connectivity index (χ3v) is 4.52. The predicted molar refractivity (Wildman–Crippen MR) is 97.0 cm³/mol. The molecule has 1 saturated heterocycles. The lowest BCUT2D eigenvalue weighted by Crippen LogP contribution is -2.50. The fourth-order valence-electron chi connectivity index (χ4n) is 2.36. The van der Waals surface area contributed by atoms with E-state index in [0.29, 0.717) is 26.2 Å². The highest BCUT2D eigenvalue weighted by Gasteiger charge is 2.23. The molecule has 0 aromatic heterocycles. The highest BCUT2D eigenvalue weighted by Crippen LogP contribution is 2.15. The number of carbonyl (C=O) groups excluding carboxylic acids is 2. The van der Waals surface area contributed by atoms with E-state index in [1.807, 2.05) is 30.5 Å². The first kappa shape index (κ1) is 18.1. The van der Waals surface area contributed by atoms with E-state index in [4.69, 9.17) is 0 Å². The van der Waals surface area contributed by atoms with Gasteiger partial charge in [0, 0.05) is 37.2 Å². The van der Waals surface area contributed by atoms with Crippen LogP contribution in [0.3, 0.4) is 0 Å². The molecule has 0 spiro atoms. The zero-order valence-corrected chi connectivity index (χ0v) is 14.8. The van der Waals surface area contributed by atoms with Gasteiger partial charge in [-0.2, -0.15) is 0 Å². The Morgan fingerprint density at radius 1 is 1.04 bits per heavy atom. The van der Waals surface area contributed by atoms with Crippen molar-refractivity contribution in [1.82, 2.24) is 9.80 Å². The average Bonchev–Trinajstić information content (AvgIpc) is 2.65. The van der Waals surface area contributed by atoms with Crippen molar-refractivity contribution >= 4 is 29.8 Å². The Labute approximate surface area is 147 Å². The number of ether oxygens (including phenoxy) is 1. The molecule has 2 rings (SSSR count). The molecule has 0 atom stereocenters. The van der Waals surface area contributed by atoms with Crippen molar-refractivity contribution in [3.63, 3.8) is 0 Å². The fourth-order valence-corrected chi connectivity index (χ4v) is 2.77. The Morgan fingerprint density at radius 2 is 1.67 bits per heavy atom. The van der Waals surface area contributed by atoms with E-state index in [1.165, 1.54) is 12.0 Å². The number of allylic oxidation sites excluding steroid dienone is 2. The molecular formula is C18H22N2O3S. The van der Waals surface area contributed by atoms with Crippen LogP contribution in [-0.2, 0) is 9.53 Å². The summed E-state index contributed by atoms with van der Waals surface area (Å²) in [6.45, 7) is 2.06. The van der Waals surface area contributed by atoms with Gasteiger partial charge in [0.15, 0.2) is 0 Å². The number of thioether (sulfide) groups is 1. The van der Waals surface area contributed by atoms with Crippen LogP contribution >= 0.6 is 11.8 Å². The van der Waals surface area contributed by atoms with Gasteiger partial charge in [-0.15, -0.1) is 11.8 Å². The SMILES string of the molecule is COC(=O)N1CCN(C(=O)/C=C/C=C/c2ccc(SC)cc2)CC1. The minimum absolute atomic E-state index is 0.0399. The second-order valence-electron chi connectivity index (χ2n) is 5.27. The molecule has 0 radical (unpaired) electrons. The third kappa shape index (κ3) is 5.16. The summed E-state index contributed by atoms with van der Waals surface area (Å²) in [5.41, 5.74) is 1.09. The first-order chi connectivity index (χ1) is 11.6. The number of rotatable bonds is 4. The molecule has 24 heavy (non-hydrogen) atoms. The molecule has 6 heteroatoms. The van der Waals surface area contributed by atoms with E-state index in [9.17, 15) is 9.59 Å². The summed E-state index contributed by atoms with van der Waals surface area (Å²) in [5, 5.41) is 0. The minimum Gasteiger partial charge on any atom is -0.453 e. The van der Waals surface area contributed by atoms with Crippen LogP contribution in [0.25, 0.3) is 6.08 Å². The molecule has 128 valence electrons. The van der Waals surface area contributed by atoms with E-state index in [-0.39, 0.29) is 12.0 Å². The maximum Gasteiger partial charge on any atom is 0.409 e. The number of methoxy groups -OCH3 is 1. The maximum absolute atomic E-state index is 12.1. The molecule has 0 aliphatic carbocycles. The van der Waals surface area contributed by atoms with Crippen molar-refractivity contribution in [2.24, 2.45) is 0 Å². The number of hydrogen-bond acceptors (Lipinski definition) is 4. The largest absolute Gasteiger partial charge is 0.453 e. The lowest BCUT2D eigenvalue weighted by molar-refractivity contribution is -0.127. The van der Waals surface area contributed by atoms with Crippen LogP contribution in [0.4, 0.5) is 4.79 Å². The van der Waals surface area contributed by atoms with Gasteiger partial charge in [0.05, 0.1) is 7.11 Å². The Morgan fingerprint density at radius 3 is 2.25 bits per heavy atom. The second-order valence-corrected chi connectivity index (χ2v) is 6.15. The van der Waals surface area contributed by atoms with Crippen LogP contribution in [0.5, 0.6) is 0 Å². The smallest absolute Gasteiger partial charge is 0.409 e. The molecular weight excluding hydrogens is 324 g/mol. The number of hydrogen-bond donors (Lipinski definition) is 0. The van der Waals surface area contributed by atoms with E-state index in [1.54, 1.807) is 33.7 Å². The van der Waals surface area contributed by atoms with Crippen LogP contribution in [-0.4, -0.2) is 61.3 Å². The van der Waals surface area contributed by atoms with Gasteiger partial charge in [0.25, 0.3) is 0 Å². The normalized spacial score (nSPS) is 15.2. The minimum atomic E-state index is -0.340. The molecule has 1 aliphatic heterocycles. The first-order valence-electron chi connectivity index (χ1n) is 7.74. The molecule has 1 aromatic rings. The molecule has 1 aromatic carbocycles. The summed E-state index contributed by atoms with van der Waals surface area (Å²) in [7, 11) is 1.36. The summed E-state index contributed by atoms with van der Waals surface area (Å²) < 4.78 is 4.68. The second kappa shape index (κ2) is 9.17. The molecule has 0 N–H and O–H groups in total. The molecule has 0 unspecified atom stereocenters. The monoisotopic (exact) mass is 346 g/mol. The number of nitrogens with zero attached hydrogens (tertiary/aromatic N) is 2. The van der Waals surface area contributed by atoms with Crippen LogP contribution in [0, 0.1) is 0 Å². The summed E-state index contributed by atoms with van der Waals surface area (Å²) in [5.74, 6) is -0.0399. The molecule has 2 amide bonds. The lowest BCUT2D eigenvalue weighted by atomic mass is 10.2. The van der Waals surface area contributed by atoms with Crippen LogP contribution in [0.1, 0.15) is 5.56 Å². The molecule has 0 saturated carbocycles. The quantitative estimate of drug-likeness (QED) is 0.478. The van der Waals surface area contributed by atoms with E-state index < -0.39 is 0 Å². The van der Waals surface area contributed by atoms with Crippen LogP contribution in [0.15, 0.2) is 47.4 Å². The van der Waals surface area contributed by atoms with Gasteiger partial charge in [-0.25, -0.2) is 4.79 Å².